The summed E-state index contributed by atoms with van der Waals surface area (Å²) < 4.78 is 0. The molecule has 0 atom stereocenters. The fourth-order valence-electron chi connectivity index (χ4n) is 2.73. The SMILES string of the molecule is CN(C)CCNCc1nn(Cc2c(Cl)cccc2Cl)nc1-c1ccccc1. The molecular weight excluding hydrogens is 381 g/mol. The molecule has 3 rings (SSSR count). The fraction of sp³-hybridized carbons (Fsp3) is 0.300. The Balaban J connectivity index is 1.85. The average molecular weight is 404 g/mol. The molecule has 0 spiro atoms. The Morgan fingerprint density at radius 2 is 1.67 bits per heavy atom. The first-order chi connectivity index (χ1) is 13.0. The van der Waals surface area contributed by atoms with Crippen LogP contribution in [0.2, 0.25) is 10.0 Å². The van der Waals surface area contributed by atoms with E-state index in [-0.39, 0.29) is 0 Å². The number of nitrogens with one attached hydrogen (secondary N) is 1. The van der Waals surface area contributed by atoms with Crippen LogP contribution in [0.15, 0.2) is 48.5 Å². The van der Waals surface area contributed by atoms with E-state index in [0.29, 0.717) is 23.1 Å². The molecule has 0 aliphatic rings. The third kappa shape index (κ3) is 5.30. The van der Waals surface area contributed by atoms with Crippen molar-refractivity contribution in [2.24, 2.45) is 0 Å². The van der Waals surface area contributed by atoms with Crippen LogP contribution in [0.3, 0.4) is 0 Å². The lowest BCUT2D eigenvalue weighted by Crippen LogP contribution is -2.26. The lowest BCUT2D eigenvalue weighted by Gasteiger charge is -2.09. The van der Waals surface area contributed by atoms with E-state index in [1.165, 1.54) is 0 Å². The minimum Gasteiger partial charge on any atom is -0.310 e. The minimum absolute atomic E-state index is 0.427. The molecule has 2 aromatic carbocycles. The topological polar surface area (TPSA) is 46.0 Å². The largest absolute Gasteiger partial charge is 0.310 e. The highest BCUT2D eigenvalue weighted by molar-refractivity contribution is 6.35. The minimum atomic E-state index is 0.427. The Hall–Kier alpha value is -1.92. The second-order valence-corrected chi connectivity index (χ2v) is 7.39. The average Bonchev–Trinajstić information content (AvgIpc) is 3.05. The lowest BCUT2D eigenvalue weighted by atomic mass is 10.1. The summed E-state index contributed by atoms with van der Waals surface area (Å²) in [6.07, 6.45) is 0. The van der Waals surface area contributed by atoms with Crippen molar-refractivity contribution < 1.29 is 0 Å². The smallest absolute Gasteiger partial charge is 0.117 e. The molecule has 1 heterocycles. The van der Waals surface area contributed by atoms with Crippen molar-refractivity contribution in [2.75, 3.05) is 27.2 Å². The molecule has 5 nitrogen and oxygen atoms in total. The molecule has 1 aromatic heterocycles. The maximum absolute atomic E-state index is 6.30. The van der Waals surface area contributed by atoms with Gasteiger partial charge in [0.05, 0.1) is 6.54 Å². The number of hydrogen-bond donors (Lipinski definition) is 1. The molecule has 0 saturated carbocycles. The standard InChI is InChI=1S/C20H23Cl2N5/c1-26(2)12-11-23-13-19-20(15-7-4-3-5-8-15)25-27(24-19)14-16-17(21)9-6-10-18(16)22/h3-10,23H,11-14H2,1-2H3. The highest BCUT2D eigenvalue weighted by Gasteiger charge is 2.15. The molecule has 3 aromatic rings. The van der Waals surface area contributed by atoms with Crippen LogP contribution >= 0.6 is 23.2 Å². The third-order valence-electron chi connectivity index (χ3n) is 4.16. The van der Waals surface area contributed by atoms with Crippen LogP contribution in [0.4, 0.5) is 0 Å². The van der Waals surface area contributed by atoms with Crippen molar-refractivity contribution >= 4 is 23.2 Å². The molecule has 1 N–H and O–H groups in total. The number of likely N-dealkylation sites (N-methyl/N-ethyl adjacent to an activating group) is 1. The van der Waals surface area contributed by atoms with Gasteiger partial charge in [-0.3, -0.25) is 0 Å². The van der Waals surface area contributed by atoms with Crippen molar-refractivity contribution in [2.45, 2.75) is 13.1 Å². The second-order valence-electron chi connectivity index (χ2n) is 6.57. The van der Waals surface area contributed by atoms with Crippen molar-refractivity contribution in [3.63, 3.8) is 0 Å². The number of aromatic nitrogens is 3. The first-order valence-corrected chi connectivity index (χ1v) is 9.58. The van der Waals surface area contributed by atoms with Gasteiger partial charge in [0.2, 0.25) is 0 Å². The first-order valence-electron chi connectivity index (χ1n) is 8.82. The van der Waals surface area contributed by atoms with Crippen molar-refractivity contribution in [1.82, 2.24) is 25.2 Å². The van der Waals surface area contributed by atoms with Gasteiger partial charge in [-0.05, 0) is 26.2 Å². The van der Waals surface area contributed by atoms with Gasteiger partial charge in [-0.1, -0.05) is 59.6 Å². The molecule has 0 amide bonds. The van der Waals surface area contributed by atoms with E-state index in [0.717, 1.165) is 35.6 Å². The maximum atomic E-state index is 6.30. The second kappa shape index (κ2) is 9.33. The first kappa shape index (κ1) is 19.8. The van der Waals surface area contributed by atoms with Crippen LogP contribution in [-0.2, 0) is 13.1 Å². The maximum Gasteiger partial charge on any atom is 0.117 e. The van der Waals surface area contributed by atoms with Gasteiger partial charge in [-0.15, -0.1) is 0 Å². The molecule has 0 radical (unpaired) electrons. The Kier molecular flexibility index (Phi) is 6.85. The molecule has 7 heteroatoms. The zero-order valence-corrected chi connectivity index (χ0v) is 17.0. The highest BCUT2D eigenvalue weighted by atomic mass is 35.5. The van der Waals surface area contributed by atoms with Gasteiger partial charge in [0.1, 0.15) is 11.4 Å². The van der Waals surface area contributed by atoms with E-state index < -0.39 is 0 Å². The molecule has 0 fully saturated rings. The van der Waals surface area contributed by atoms with E-state index in [4.69, 9.17) is 33.4 Å². The Morgan fingerprint density at radius 3 is 2.33 bits per heavy atom. The molecule has 0 saturated heterocycles. The zero-order valence-electron chi connectivity index (χ0n) is 15.5. The van der Waals surface area contributed by atoms with Gasteiger partial charge >= 0.3 is 0 Å². The van der Waals surface area contributed by atoms with Crippen LogP contribution in [0.5, 0.6) is 0 Å². The zero-order chi connectivity index (χ0) is 19.2. The van der Waals surface area contributed by atoms with E-state index in [2.05, 4.69) is 24.3 Å². The van der Waals surface area contributed by atoms with Crippen molar-refractivity contribution in [1.29, 1.82) is 0 Å². The van der Waals surface area contributed by atoms with Gasteiger partial charge in [0, 0.05) is 40.8 Å². The van der Waals surface area contributed by atoms with Gasteiger partial charge in [-0.2, -0.15) is 15.0 Å². The molecular formula is C20H23Cl2N5. The third-order valence-corrected chi connectivity index (χ3v) is 4.87. The molecule has 0 aliphatic heterocycles. The van der Waals surface area contributed by atoms with Crippen LogP contribution in [0.1, 0.15) is 11.3 Å². The van der Waals surface area contributed by atoms with Gasteiger partial charge < -0.3 is 10.2 Å². The summed E-state index contributed by atoms with van der Waals surface area (Å²) >= 11 is 12.6. The summed E-state index contributed by atoms with van der Waals surface area (Å²) in [7, 11) is 4.11. The summed E-state index contributed by atoms with van der Waals surface area (Å²) in [5, 5.41) is 14.1. The predicted molar refractivity (Wildman–Crippen MR) is 111 cm³/mol. The Labute approximate surface area is 169 Å². The van der Waals surface area contributed by atoms with Crippen LogP contribution < -0.4 is 5.32 Å². The van der Waals surface area contributed by atoms with E-state index in [1.54, 1.807) is 4.80 Å². The quantitative estimate of drug-likeness (QED) is 0.578. The van der Waals surface area contributed by atoms with Crippen molar-refractivity contribution in [3.05, 3.63) is 69.8 Å². The Morgan fingerprint density at radius 1 is 0.963 bits per heavy atom. The van der Waals surface area contributed by atoms with Gasteiger partial charge in [-0.25, -0.2) is 0 Å². The molecule has 142 valence electrons. The summed E-state index contributed by atoms with van der Waals surface area (Å²) in [5.41, 5.74) is 3.64. The molecule has 0 unspecified atom stereocenters. The fourth-order valence-corrected chi connectivity index (χ4v) is 3.24. The molecule has 0 aliphatic carbocycles. The van der Waals surface area contributed by atoms with E-state index in [9.17, 15) is 0 Å². The summed E-state index contributed by atoms with van der Waals surface area (Å²) in [4.78, 5) is 3.81. The summed E-state index contributed by atoms with van der Waals surface area (Å²) in [5.74, 6) is 0. The highest BCUT2D eigenvalue weighted by Crippen LogP contribution is 2.26. The van der Waals surface area contributed by atoms with E-state index in [1.807, 2.05) is 48.5 Å². The molecule has 0 bridgehead atoms. The number of halogens is 2. The predicted octanol–water partition coefficient (Wildman–Crippen LogP) is 3.95. The Bertz CT molecular complexity index is 857. The summed E-state index contributed by atoms with van der Waals surface area (Å²) in [6.45, 7) is 2.92. The van der Waals surface area contributed by atoms with Crippen molar-refractivity contribution in [3.8, 4) is 11.3 Å². The van der Waals surface area contributed by atoms with Gasteiger partial charge in [0.15, 0.2) is 0 Å². The number of rotatable bonds is 8. The number of nitrogens with zero attached hydrogens (tertiary/aromatic N) is 4. The normalized spacial score (nSPS) is 11.3. The van der Waals surface area contributed by atoms with Crippen LogP contribution in [-0.4, -0.2) is 47.1 Å². The van der Waals surface area contributed by atoms with Crippen LogP contribution in [0.25, 0.3) is 11.3 Å². The monoisotopic (exact) mass is 403 g/mol. The number of benzene rings is 2. The molecule has 27 heavy (non-hydrogen) atoms. The van der Waals surface area contributed by atoms with Crippen LogP contribution in [0, 0.1) is 0 Å². The van der Waals surface area contributed by atoms with Gasteiger partial charge in [0.25, 0.3) is 0 Å². The number of hydrogen-bond acceptors (Lipinski definition) is 4. The van der Waals surface area contributed by atoms with E-state index >= 15 is 0 Å². The summed E-state index contributed by atoms with van der Waals surface area (Å²) in [6, 6.07) is 15.6. The lowest BCUT2D eigenvalue weighted by molar-refractivity contribution is 0.399.